The van der Waals surface area contributed by atoms with Crippen LogP contribution in [-0.2, 0) is 0 Å². The Kier molecular flexibility index (Phi) is 6.78. The Bertz CT molecular complexity index is 667. The Labute approximate surface area is 160 Å². The number of rotatable bonds is 7. The number of ether oxygens (including phenoxy) is 1. The zero-order chi connectivity index (χ0) is 18.4. The number of aliphatic hydroxyl groups is 1. The summed E-state index contributed by atoms with van der Waals surface area (Å²) in [7, 11) is 0. The average Bonchev–Trinajstić information content (AvgIpc) is 2.67. The van der Waals surface area contributed by atoms with Gasteiger partial charge in [0.25, 0.3) is 0 Å². The van der Waals surface area contributed by atoms with Gasteiger partial charge >= 0.3 is 0 Å². The van der Waals surface area contributed by atoms with Crippen molar-refractivity contribution in [3.8, 4) is 5.75 Å². The van der Waals surface area contributed by atoms with Crippen LogP contribution >= 0.6 is 11.6 Å². The minimum absolute atomic E-state index is 0.310. The molecule has 0 radical (unpaired) electrons. The molecule has 2 aromatic carbocycles. The summed E-state index contributed by atoms with van der Waals surface area (Å²) in [5.41, 5.74) is 2.59. The van der Waals surface area contributed by atoms with Crippen LogP contribution in [0.15, 0.2) is 48.5 Å². The third-order valence-electron chi connectivity index (χ3n) is 4.81. The van der Waals surface area contributed by atoms with Gasteiger partial charge in [0.15, 0.2) is 0 Å². The second-order valence-corrected chi connectivity index (χ2v) is 7.31. The predicted octanol–water partition coefficient (Wildman–Crippen LogP) is 3.60. The van der Waals surface area contributed by atoms with Crippen molar-refractivity contribution in [1.82, 2.24) is 4.90 Å². The standard InChI is InChI=1S/C21H27ClN2O2/c1-17-2-6-19(7-3-17)24-14-12-23(13-15-24)11-10-20(25)16-26-21-8-4-18(22)5-9-21/h2-9,20,25H,10-16H2,1H3. The lowest BCUT2D eigenvalue weighted by molar-refractivity contribution is 0.0866. The Morgan fingerprint density at radius 3 is 2.31 bits per heavy atom. The van der Waals surface area contributed by atoms with E-state index in [1.165, 1.54) is 11.3 Å². The van der Waals surface area contributed by atoms with Gasteiger partial charge in [0, 0.05) is 43.4 Å². The van der Waals surface area contributed by atoms with E-state index in [0.29, 0.717) is 11.6 Å². The van der Waals surface area contributed by atoms with Crippen LogP contribution in [0.4, 0.5) is 5.69 Å². The van der Waals surface area contributed by atoms with Crippen LogP contribution in [0.5, 0.6) is 5.75 Å². The van der Waals surface area contributed by atoms with E-state index in [1.54, 1.807) is 12.1 Å². The maximum atomic E-state index is 10.2. The molecule has 1 aliphatic heterocycles. The van der Waals surface area contributed by atoms with Crippen LogP contribution < -0.4 is 9.64 Å². The molecule has 3 rings (SSSR count). The molecule has 140 valence electrons. The molecule has 1 unspecified atom stereocenters. The minimum Gasteiger partial charge on any atom is -0.491 e. The van der Waals surface area contributed by atoms with E-state index in [1.807, 2.05) is 12.1 Å². The molecule has 5 heteroatoms. The lowest BCUT2D eigenvalue weighted by Crippen LogP contribution is -2.47. The molecule has 0 bridgehead atoms. The van der Waals surface area contributed by atoms with E-state index in [4.69, 9.17) is 16.3 Å². The lowest BCUT2D eigenvalue weighted by atomic mass is 10.2. The number of hydrogen-bond donors (Lipinski definition) is 1. The third kappa shape index (κ3) is 5.63. The van der Waals surface area contributed by atoms with Crippen molar-refractivity contribution in [1.29, 1.82) is 0 Å². The van der Waals surface area contributed by atoms with Crippen molar-refractivity contribution in [2.45, 2.75) is 19.4 Å². The number of piperazine rings is 1. The molecule has 2 aromatic rings. The molecule has 0 amide bonds. The third-order valence-corrected chi connectivity index (χ3v) is 5.06. The fourth-order valence-electron chi connectivity index (χ4n) is 3.12. The first-order valence-corrected chi connectivity index (χ1v) is 9.58. The van der Waals surface area contributed by atoms with Gasteiger partial charge < -0.3 is 14.7 Å². The Balaban J connectivity index is 1.35. The summed E-state index contributed by atoms with van der Waals surface area (Å²) in [6, 6.07) is 15.9. The van der Waals surface area contributed by atoms with Gasteiger partial charge in [-0.3, -0.25) is 4.90 Å². The van der Waals surface area contributed by atoms with Gasteiger partial charge in [-0.05, 0) is 49.7 Å². The number of aliphatic hydroxyl groups excluding tert-OH is 1. The minimum atomic E-state index is -0.458. The molecule has 4 nitrogen and oxygen atoms in total. The molecule has 1 fully saturated rings. The quantitative estimate of drug-likeness (QED) is 0.803. The van der Waals surface area contributed by atoms with Crippen molar-refractivity contribution >= 4 is 17.3 Å². The van der Waals surface area contributed by atoms with Gasteiger partial charge in [0.05, 0.1) is 6.10 Å². The fourth-order valence-corrected chi connectivity index (χ4v) is 3.25. The first kappa shape index (κ1) is 19.0. The smallest absolute Gasteiger partial charge is 0.119 e. The average molecular weight is 375 g/mol. The second kappa shape index (κ2) is 9.26. The Morgan fingerprint density at radius 2 is 1.65 bits per heavy atom. The molecule has 0 aromatic heterocycles. The van der Waals surface area contributed by atoms with Crippen LogP contribution in [0.1, 0.15) is 12.0 Å². The molecule has 1 saturated heterocycles. The Hall–Kier alpha value is -1.75. The highest BCUT2D eigenvalue weighted by Crippen LogP contribution is 2.18. The van der Waals surface area contributed by atoms with E-state index in [0.717, 1.165) is 44.9 Å². The highest BCUT2D eigenvalue weighted by atomic mass is 35.5. The normalized spacial score (nSPS) is 16.5. The topological polar surface area (TPSA) is 35.9 Å². The highest BCUT2D eigenvalue weighted by Gasteiger charge is 2.18. The molecule has 1 N–H and O–H groups in total. The zero-order valence-corrected chi connectivity index (χ0v) is 16.0. The van der Waals surface area contributed by atoms with Gasteiger partial charge in [-0.2, -0.15) is 0 Å². The molecule has 1 atom stereocenters. The van der Waals surface area contributed by atoms with Crippen LogP contribution in [-0.4, -0.2) is 55.4 Å². The molecule has 1 heterocycles. The summed E-state index contributed by atoms with van der Waals surface area (Å²) in [5.74, 6) is 0.736. The van der Waals surface area contributed by atoms with Gasteiger partial charge in [-0.1, -0.05) is 29.3 Å². The van der Waals surface area contributed by atoms with Gasteiger partial charge in [-0.25, -0.2) is 0 Å². The van der Waals surface area contributed by atoms with Crippen LogP contribution in [0.3, 0.4) is 0 Å². The largest absolute Gasteiger partial charge is 0.491 e. The maximum Gasteiger partial charge on any atom is 0.119 e. The first-order valence-electron chi connectivity index (χ1n) is 9.20. The molecule has 0 spiro atoms. The van der Waals surface area contributed by atoms with Crippen molar-refractivity contribution in [2.75, 3.05) is 44.2 Å². The summed E-state index contributed by atoms with van der Waals surface area (Å²) in [6.45, 7) is 7.43. The number of nitrogens with zero attached hydrogens (tertiary/aromatic N) is 2. The van der Waals surface area contributed by atoms with Crippen molar-refractivity contribution in [3.05, 3.63) is 59.1 Å². The van der Waals surface area contributed by atoms with Crippen LogP contribution in [0.25, 0.3) is 0 Å². The molecule has 26 heavy (non-hydrogen) atoms. The van der Waals surface area contributed by atoms with Gasteiger partial charge in [0.1, 0.15) is 12.4 Å². The van der Waals surface area contributed by atoms with Crippen molar-refractivity contribution in [2.24, 2.45) is 0 Å². The second-order valence-electron chi connectivity index (χ2n) is 6.87. The fraction of sp³-hybridized carbons (Fsp3) is 0.429. The molecule has 0 aliphatic carbocycles. The molecule has 0 saturated carbocycles. The SMILES string of the molecule is Cc1ccc(N2CCN(CCC(O)COc3ccc(Cl)cc3)CC2)cc1. The maximum absolute atomic E-state index is 10.2. The summed E-state index contributed by atoms with van der Waals surface area (Å²) in [6.07, 6.45) is 0.263. The Morgan fingerprint density at radius 1 is 1.00 bits per heavy atom. The van der Waals surface area contributed by atoms with Crippen LogP contribution in [0, 0.1) is 6.92 Å². The van der Waals surface area contributed by atoms with Crippen LogP contribution in [0.2, 0.25) is 5.02 Å². The summed E-state index contributed by atoms with van der Waals surface area (Å²) in [4.78, 5) is 4.84. The number of hydrogen-bond acceptors (Lipinski definition) is 4. The van der Waals surface area contributed by atoms with E-state index in [2.05, 4.69) is 41.0 Å². The zero-order valence-electron chi connectivity index (χ0n) is 15.3. The molecule has 1 aliphatic rings. The van der Waals surface area contributed by atoms with Crippen molar-refractivity contribution in [3.63, 3.8) is 0 Å². The summed E-state index contributed by atoms with van der Waals surface area (Å²) in [5, 5.41) is 10.8. The summed E-state index contributed by atoms with van der Waals surface area (Å²) >= 11 is 5.85. The number of halogens is 1. The summed E-state index contributed by atoms with van der Waals surface area (Å²) < 4.78 is 5.61. The molecular formula is C21H27ClN2O2. The number of aryl methyl sites for hydroxylation is 1. The highest BCUT2D eigenvalue weighted by molar-refractivity contribution is 6.30. The monoisotopic (exact) mass is 374 g/mol. The van der Waals surface area contributed by atoms with E-state index in [-0.39, 0.29) is 0 Å². The number of benzene rings is 2. The van der Waals surface area contributed by atoms with E-state index < -0.39 is 6.10 Å². The first-order chi connectivity index (χ1) is 12.6. The lowest BCUT2D eigenvalue weighted by Gasteiger charge is -2.36. The number of anilines is 1. The molecular weight excluding hydrogens is 348 g/mol. The van der Waals surface area contributed by atoms with E-state index >= 15 is 0 Å². The van der Waals surface area contributed by atoms with E-state index in [9.17, 15) is 5.11 Å². The van der Waals surface area contributed by atoms with Gasteiger partial charge in [0.2, 0.25) is 0 Å². The predicted molar refractivity (Wildman–Crippen MR) is 107 cm³/mol. The van der Waals surface area contributed by atoms with Crippen molar-refractivity contribution < 1.29 is 9.84 Å². The van der Waals surface area contributed by atoms with Gasteiger partial charge in [-0.15, -0.1) is 0 Å².